The van der Waals surface area contributed by atoms with Crippen molar-refractivity contribution in [2.75, 3.05) is 5.01 Å². The van der Waals surface area contributed by atoms with Gasteiger partial charge in [0.05, 0.1) is 17.4 Å². The van der Waals surface area contributed by atoms with E-state index >= 15 is 0 Å². The van der Waals surface area contributed by atoms with Gasteiger partial charge in [0.1, 0.15) is 0 Å². The van der Waals surface area contributed by atoms with E-state index in [-0.39, 0.29) is 6.04 Å². The molecule has 1 N–H and O–H groups in total. The summed E-state index contributed by atoms with van der Waals surface area (Å²) in [4.78, 5) is 0. The molecule has 0 amide bonds. The molecule has 3 aromatic rings. The number of hydrazine groups is 1. The first kappa shape index (κ1) is 16.5. The lowest BCUT2D eigenvalue weighted by Gasteiger charge is -2.28. The van der Waals surface area contributed by atoms with Crippen LogP contribution in [0.25, 0.3) is 5.70 Å². The quantitative estimate of drug-likeness (QED) is 0.634. The van der Waals surface area contributed by atoms with Crippen LogP contribution in [0, 0.1) is 0 Å². The predicted octanol–water partition coefficient (Wildman–Crippen LogP) is 5.92. The minimum Gasteiger partial charge on any atom is -0.297 e. The van der Waals surface area contributed by atoms with Gasteiger partial charge in [-0.15, -0.1) is 0 Å². The molecule has 130 valence electrons. The van der Waals surface area contributed by atoms with Crippen LogP contribution in [0.1, 0.15) is 42.5 Å². The Balaban J connectivity index is 1.71. The Hall–Kier alpha value is -3.00. The molecule has 0 aliphatic carbocycles. The Morgan fingerprint density at radius 2 is 1.38 bits per heavy atom. The van der Waals surface area contributed by atoms with Crippen LogP contribution in [0.2, 0.25) is 0 Å². The summed E-state index contributed by atoms with van der Waals surface area (Å²) in [5.74, 6) is 0.540. The lowest BCUT2D eigenvalue weighted by molar-refractivity contribution is 0.723. The summed E-state index contributed by atoms with van der Waals surface area (Å²) < 4.78 is 0. The number of hydrogen-bond acceptors (Lipinski definition) is 2. The highest BCUT2D eigenvalue weighted by molar-refractivity contribution is 5.72. The first-order chi connectivity index (χ1) is 12.7. The lowest BCUT2D eigenvalue weighted by Crippen LogP contribution is -2.33. The fourth-order valence-corrected chi connectivity index (χ4v) is 3.39. The molecule has 0 spiro atoms. The van der Waals surface area contributed by atoms with Gasteiger partial charge in [-0.25, -0.2) is 0 Å². The fourth-order valence-electron chi connectivity index (χ4n) is 3.39. The van der Waals surface area contributed by atoms with Crippen LogP contribution in [0.3, 0.4) is 0 Å². The monoisotopic (exact) mass is 340 g/mol. The van der Waals surface area contributed by atoms with Gasteiger partial charge in [0.25, 0.3) is 0 Å². The van der Waals surface area contributed by atoms with Crippen LogP contribution in [-0.2, 0) is 0 Å². The van der Waals surface area contributed by atoms with Crippen molar-refractivity contribution in [3.63, 3.8) is 0 Å². The van der Waals surface area contributed by atoms with Crippen molar-refractivity contribution < 1.29 is 0 Å². The highest BCUT2D eigenvalue weighted by Crippen LogP contribution is 2.35. The van der Waals surface area contributed by atoms with Gasteiger partial charge in [-0.3, -0.25) is 10.4 Å². The smallest absolute Gasteiger partial charge is 0.0958 e. The molecule has 1 atom stereocenters. The van der Waals surface area contributed by atoms with E-state index in [1.807, 2.05) is 0 Å². The molecule has 0 fully saturated rings. The molecular formula is C24H24N2. The third-order valence-corrected chi connectivity index (χ3v) is 4.91. The van der Waals surface area contributed by atoms with Gasteiger partial charge in [-0.2, -0.15) is 0 Å². The van der Waals surface area contributed by atoms with Crippen LogP contribution in [0.15, 0.2) is 91.0 Å². The molecule has 26 heavy (non-hydrogen) atoms. The van der Waals surface area contributed by atoms with E-state index in [0.29, 0.717) is 5.92 Å². The SMILES string of the molecule is CC(C)c1ccc(N2NC(c3ccccc3)=CC2c2ccccc2)cc1. The van der Waals surface area contributed by atoms with E-state index in [9.17, 15) is 0 Å². The Kier molecular flexibility index (Phi) is 4.49. The van der Waals surface area contributed by atoms with Crippen LogP contribution in [0.4, 0.5) is 5.69 Å². The first-order valence-corrected chi connectivity index (χ1v) is 9.20. The molecule has 1 heterocycles. The van der Waals surface area contributed by atoms with Gasteiger partial charge < -0.3 is 0 Å². The van der Waals surface area contributed by atoms with Crippen LogP contribution in [-0.4, -0.2) is 0 Å². The molecule has 0 aromatic heterocycles. The molecular weight excluding hydrogens is 316 g/mol. The lowest BCUT2D eigenvalue weighted by atomic mass is 10.0. The number of rotatable bonds is 4. The maximum absolute atomic E-state index is 3.62. The first-order valence-electron chi connectivity index (χ1n) is 9.20. The number of anilines is 1. The summed E-state index contributed by atoms with van der Waals surface area (Å²) in [6, 6.07) is 30.2. The summed E-state index contributed by atoms with van der Waals surface area (Å²) >= 11 is 0. The van der Waals surface area contributed by atoms with Gasteiger partial charge in [0.2, 0.25) is 0 Å². The van der Waals surface area contributed by atoms with Crippen molar-refractivity contribution in [2.24, 2.45) is 0 Å². The normalized spacial score (nSPS) is 16.5. The zero-order valence-electron chi connectivity index (χ0n) is 15.3. The molecule has 0 radical (unpaired) electrons. The average molecular weight is 340 g/mol. The van der Waals surface area contributed by atoms with Gasteiger partial charge in [-0.05, 0) is 40.8 Å². The van der Waals surface area contributed by atoms with E-state index in [4.69, 9.17) is 0 Å². The van der Waals surface area contributed by atoms with Gasteiger partial charge in [0.15, 0.2) is 0 Å². The molecule has 2 heteroatoms. The van der Waals surface area contributed by atoms with E-state index in [2.05, 4.69) is 115 Å². The van der Waals surface area contributed by atoms with Crippen molar-refractivity contribution in [3.8, 4) is 0 Å². The molecule has 1 aliphatic heterocycles. The van der Waals surface area contributed by atoms with Crippen molar-refractivity contribution in [2.45, 2.75) is 25.8 Å². The molecule has 0 saturated heterocycles. The average Bonchev–Trinajstić information content (AvgIpc) is 3.15. The fraction of sp³-hybridized carbons (Fsp3) is 0.167. The Labute approximate surface area is 155 Å². The summed E-state index contributed by atoms with van der Waals surface area (Å²) in [5, 5.41) is 2.25. The maximum atomic E-state index is 3.62. The van der Waals surface area contributed by atoms with Crippen LogP contribution < -0.4 is 10.4 Å². The van der Waals surface area contributed by atoms with Crippen molar-refractivity contribution >= 4 is 11.4 Å². The largest absolute Gasteiger partial charge is 0.297 e. The molecule has 0 bridgehead atoms. The Morgan fingerprint density at radius 1 is 0.769 bits per heavy atom. The minimum atomic E-state index is 0.163. The third-order valence-electron chi connectivity index (χ3n) is 4.91. The molecule has 3 aromatic carbocycles. The van der Waals surface area contributed by atoms with Crippen LogP contribution >= 0.6 is 0 Å². The van der Waals surface area contributed by atoms with Gasteiger partial charge in [0, 0.05) is 0 Å². The Bertz CT molecular complexity index is 881. The van der Waals surface area contributed by atoms with Crippen LogP contribution in [0.5, 0.6) is 0 Å². The Morgan fingerprint density at radius 3 is 2.00 bits per heavy atom. The topological polar surface area (TPSA) is 15.3 Å². The van der Waals surface area contributed by atoms with Crippen molar-refractivity contribution in [1.29, 1.82) is 0 Å². The summed E-state index contributed by atoms with van der Waals surface area (Å²) in [6.07, 6.45) is 2.31. The summed E-state index contributed by atoms with van der Waals surface area (Å²) in [6.45, 7) is 4.45. The zero-order chi connectivity index (χ0) is 17.9. The highest BCUT2D eigenvalue weighted by Gasteiger charge is 2.27. The third kappa shape index (κ3) is 3.23. The van der Waals surface area contributed by atoms with Gasteiger partial charge in [-0.1, -0.05) is 86.6 Å². The van der Waals surface area contributed by atoms with E-state index in [1.54, 1.807) is 0 Å². The van der Waals surface area contributed by atoms with Gasteiger partial charge >= 0.3 is 0 Å². The second kappa shape index (κ2) is 7.09. The number of benzene rings is 3. The second-order valence-corrected chi connectivity index (χ2v) is 7.03. The maximum Gasteiger partial charge on any atom is 0.0958 e. The molecule has 1 aliphatic rings. The summed E-state index contributed by atoms with van der Waals surface area (Å²) in [7, 11) is 0. The molecule has 1 unspecified atom stereocenters. The standard InChI is InChI=1S/C24H24N2/c1-18(2)19-13-15-22(16-14-19)26-24(21-11-7-4-8-12-21)17-23(25-26)20-9-5-3-6-10-20/h3-18,24-25H,1-2H3. The second-order valence-electron chi connectivity index (χ2n) is 7.03. The highest BCUT2D eigenvalue weighted by atomic mass is 15.5. The van der Waals surface area contributed by atoms with E-state index in [1.165, 1.54) is 22.4 Å². The summed E-state index contributed by atoms with van der Waals surface area (Å²) in [5.41, 5.74) is 9.77. The van der Waals surface area contributed by atoms with E-state index in [0.717, 1.165) is 5.70 Å². The van der Waals surface area contributed by atoms with Crippen molar-refractivity contribution in [1.82, 2.24) is 5.43 Å². The number of nitrogens with one attached hydrogen (secondary N) is 1. The van der Waals surface area contributed by atoms with Crippen molar-refractivity contribution in [3.05, 3.63) is 108 Å². The predicted molar refractivity (Wildman–Crippen MR) is 110 cm³/mol. The molecule has 0 saturated carbocycles. The molecule has 4 rings (SSSR count). The van der Waals surface area contributed by atoms with E-state index < -0.39 is 0 Å². The number of nitrogens with zero attached hydrogens (tertiary/aromatic N) is 1. The minimum absolute atomic E-state index is 0.163. The number of hydrogen-bond donors (Lipinski definition) is 1. The molecule has 2 nitrogen and oxygen atoms in total. The zero-order valence-corrected chi connectivity index (χ0v) is 15.3.